The summed E-state index contributed by atoms with van der Waals surface area (Å²) in [5.41, 5.74) is 4.34. The second-order valence-electron chi connectivity index (χ2n) is 7.44. The van der Waals surface area contributed by atoms with Gasteiger partial charge in [0.15, 0.2) is 5.96 Å². The number of carbonyl (C=O) groups is 1. The maximum Gasteiger partial charge on any atom is 0.225 e. The van der Waals surface area contributed by atoms with Crippen LogP contribution >= 0.6 is 11.6 Å². The summed E-state index contributed by atoms with van der Waals surface area (Å²) in [7, 11) is 0. The third kappa shape index (κ3) is 4.60. The van der Waals surface area contributed by atoms with Crippen LogP contribution in [0.15, 0.2) is 53.7 Å². The van der Waals surface area contributed by atoms with Gasteiger partial charge in [-0.15, -0.1) is 0 Å². The lowest BCUT2D eigenvalue weighted by Gasteiger charge is -2.24. The summed E-state index contributed by atoms with van der Waals surface area (Å²) in [5, 5.41) is 11.5. The van der Waals surface area contributed by atoms with Crippen LogP contribution in [0.1, 0.15) is 30.4 Å². The SMILES string of the molecule is CCNC(=NCC1CC(=O)Nc2ccccc21)NCCc1c[nH]c2ccc(Cl)cc12. The molecule has 1 aliphatic rings. The third-order valence-electron chi connectivity index (χ3n) is 5.34. The van der Waals surface area contributed by atoms with Gasteiger partial charge in [-0.3, -0.25) is 9.79 Å². The molecule has 0 bridgehead atoms. The van der Waals surface area contributed by atoms with Gasteiger partial charge < -0.3 is 20.9 Å². The maximum atomic E-state index is 12.0. The number of halogens is 1. The predicted octanol–water partition coefficient (Wildman–Crippen LogP) is 4.04. The van der Waals surface area contributed by atoms with Crippen molar-refractivity contribution >= 4 is 40.1 Å². The highest BCUT2D eigenvalue weighted by atomic mass is 35.5. The number of fused-ring (bicyclic) bond motifs is 2. The lowest BCUT2D eigenvalue weighted by molar-refractivity contribution is -0.116. The molecule has 0 radical (unpaired) electrons. The molecule has 0 spiro atoms. The molecule has 7 heteroatoms. The van der Waals surface area contributed by atoms with Crippen molar-refractivity contribution in [2.24, 2.45) is 4.99 Å². The first kappa shape index (κ1) is 20.3. The number of carbonyl (C=O) groups excluding carboxylic acids is 1. The number of aromatic amines is 1. The molecule has 0 aliphatic carbocycles. The summed E-state index contributed by atoms with van der Waals surface area (Å²) in [5.74, 6) is 0.893. The summed E-state index contributed by atoms with van der Waals surface area (Å²) < 4.78 is 0. The number of amides is 1. The van der Waals surface area contributed by atoms with E-state index in [-0.39, 0.29) is 11.8 Å². The molecule has 1 amide bonds. The second kappa shape index (κ2) is 9.22. The normalized spacial score (nSPS) is 16.3. The number of hydrogen-bond acceptors (Lipinski definition) is 2. The Hall–Kier alpha value is -2.99. The number of guanidine groups is 1. The van der Waals surface area contributed by atoms with Crippen LogP contribution in [0.4, 0.5) is 5.69 Å². The number of aliphatic imine (C=N–C) groups is 1. The van der Waals surface area contributed by atoms with E-state index in [9.17, 15) is 4.79 Å². The molecule has 1 aliphatic heterocycles. The molecule has 0 saturated heterocycles. The standard InChI is InChI=1S/C23H26ClN5O/c1-2-25-23(26-10-9-15-13-27-20-8-7-17(24)12-19(15)20)28-14-16-11-22(30)29-21-6-4-3-5-18(16)21/h3-8,12-13,16,27H,2,9-11,14H2,1H3,(H,29,30)(H2,25,26,28). The van der Waals surface area contributed by atoms with E-state index in [1.807, 2.05) is 49.5 Å². The zero-order valence-corrected chi connectivity index (χ0v) is 17.7. The van der Waals surface area contributed by atoms with Gasteiger partial charge in [-0.1, -0.05) is 29.8 Å². The Labute approximate surface area is 181 Å². The topological polar surface area (TPSA) is 81.3 Å². The highest BCUT2D eigenvalue weighted by Gasteiger charge is 2.24. The van der Waals surface area contributed by atoms with Crippen LogP contribution in [0.25, 0.3) is 10.9 Å². The lowest BCUT2D eigenvalue weighted by atomic mass is 9.91. The highest BCUT2D eigenvalue weighted by Crippen LogP contribution is 2.32. The molecule has 1 unspecified atom stereocenters. The molecule has 4 rings (SSSR count). The summed E-state index contributed by atoms with van der Waals surface area (Å²) >= 11 is 6.15. The minimum Gasteiger partial charge on any atom is -0.361 e. The van der Waals surface area contributed by atoms with Crippen LogP contribution in [0.2, 0.25) is 5.02 Å². The molecule has 1 atom stereocenters. The van der Waals surface area contributed by atoms with E-state index in [1.54, 1.807) is 0 Å². The Bertz CT molecular complexity index is 1070. The first-order valence-electron chi connectivity index (χ1n) is 10.3. The number of benzene rings is 2. The van der Waals surface area contributed by atoms with Crippen LogP contribution in [0.3, 0.4) is 0 Å². The molecular weight excluding hydrogens is 398 g/mol. The van der Waals surface area contributed by atoms with Crippen molar-refractivity contribution in [1.82, 2.24) is 15.6 Å². The number of nitrogens with one attached hydrogen (secondary N) is 4. The van der Waals surface area contributed by atoms with Crippen LogP contribution in [0, 0.1) is 0 Å². The van der Waals surface area contributed by atoms with Crippen molar-refractivity contribution in [1.29, 1.82) is 0 Å². The number of nitrogens with zero attached hydrogens (tertiary/aromatic N) is 1. The Morgan fingerprint density at radius 1 is 1.23 bits per heavy atom. The summed E-state index contributed by atoms with van der Waals surface area (Å²) in [4.78, 5) is 20.1. The lowest BCUT2D eigenvalue weighted by Crippen LogP contribution is -2.38. The molecular formula is C23H26ClN5O. The molecule has 3 aromatic rings. The number of rotatable bonds is 6. The zero-order valence-electron chi connectivity index (χ0n) is 17.0. The Morgan fingerprint density at radius 3 is 2.97 bits per heavy atom. The Kier molecular flexibility index (Phi) is 6.23. The van der Waals surface area contributed by atoms with Crippen molar-refractivity contribution in [3.63, 3.8) is 0 Å². The largest absolute Gasteiger partial charge is 0.361 e. The number of aromatic nitrogens is 1. The molecule has 0 fully saturated rings. The van der Waals surface area contributed by atoms with Crippen molar-refractivity contribution in [3.8, 4) is 0 Å². The van der Waals surface area contributed by atoms with Gasteiger partial charge in [0.1, 0.15) is 0 Å². The van der Waals surface area contributed by atoms with Crippen molar-refractivity contribution < 1.29 is 4.79 Å². The Morgan fingerprint density at radius 2 is 2.10 bits per heavy atom. The van der Waals surface area contributed by atoms with Gasteiger partial charge in [0.25, 0.3) is 0 Å². The van der Waals surface area contributed by atoms with Crippen LogP contribution in [-0.4, -0.2) is 36.5 Å². The molecule has 2 aromatic carbocycles. The predicted molar refractivity (Wildman–Crippen MR) is 123 cm³/mol. The first-order valence-corrected chi connectivity index (χ1v) is 10.7. The molecule has 6 nitrogen and oxygen atoms in total. The van der Waals surface area contributed by atoms with E-state index in [0.29, 0.717) is 13.0 Å². The average molecular weight is 424 g/mol. The number of para-hydroxylation sites is 1. The third-order valence-corrected chi connectivity index (χ3v) is 5.57. The number of anilines is 1. The van der Waals surface area contributed by atoms with Gasteiger partial charge in [-0.2, -0.15) is 0 Å². The summed E-state index contributed by atoms with van der Waals surface area (Å²) in [6.07, 6.45) is 3.33. The number of hydrogen-bond donors (Lipinski definition) is 4. The van der Waals surface area contributed by atoms with E-state index in [4.69, 9.17) is 16.6 Å². The Balaban J connectivity index is 1.41. The minimum absolute atomic E-state index is 0.0462. The smallest absolute Gasteiger partial charge is 0.225 e. The number of H-pyrrole nitrogens is 1. The fourth-order valence-corrected chi connectivity index (χ4v) is 4.05. The molecule has 0 saturated carbocycles. The second-order valence-corrected chi connectivity index (χ2v) is 7.87. The maximum absolute atomic E-state index is 12.0. The molecule has 30 heavy (non-hydrogen) atoms. The summed E-state index contributed by atoms with van der Waals surface area (Å²) in [6, 6.07) is 13.8. The van der Waals surface area contributed by atoms with E-state index in [1.165, 1.54) is 5.56 Å². The van der Waals surface area contributed by atoms with Gasteiger partial charge in [0.2, 0.25) is 5.91 Å². The molecule has 4 N–H and O–H groups in total. The van der Waals surface area contributed by atoms with Gasteiger partial charge in [0, 0.05) is 53.2 Å². The van der Waals surface area contributed by atoms with Crippen molar-refractivity contribution in [3.05, 3.63) is 64.8 Å². The van der Waals surface area contributed by atoms with Crippen LogP contribution < -0.4 is 16.0 Å². The first-order chi connectivity index (χ1) is 14.6. The van der Waals surface area contributed by atoms with E-state index < -0.39 is 0 Å². The van der Waals surface area contributed by atoms with Crippen LogP contribution in [-0.2, 0) is 11.2 Å². The van der Waals surface area contributed by atoms with E-state index in [2.05, 4.69) is 27.0 Å². The van der Waals surface area contributed by atoms with Gasteiger partial charge in [0.05, 0.1) is 6.54 Å². The van der Waals surface area contributed by atoms with Crippen molar-refractivity contribution in [2.75, 3.05) is 25.0 Å². The molecule has 2 heterocycles. The molecule has 1 aromatic heterocycles. The highest BCUT2D eigenvalue weighted by molar-refractivity contribution is 6.31. The monoisotopic (exact) mass is 423 g/mol. The fraction of sp³-hybridized carbons (Fsp3) is 0.304. The zero-order chi connectivity index (χ0) is 20.9. The van der Waals surface area contributed by atoms with Gasteiger partial charge >= 0.3 is 0 Å². The van der Waals surface area contributed by atoms with E-state index >= 15 is 0 Å². The van der Waals surface area contributed by atoms with Gasteiger partial charge in [-0.05, 0) is 48.7 Å². The average Bonchev–Trinajstić information content (AvgIpc) is 3.13. The molecule has 156 valence electrons. The fourth-order valence-electron chi connectivity index (χ4n) is 3.88. The van der Waals surface area contributed by atoms with Crippen molar-refractivity contribution in [2.45, 2.75) is 25.7 Å². The minimum atomic E-state index is 0.0462. The summed E-state index contributed by atoms with van der Waals surface area (Å²) in [6.45, 7) is 4.12. The van der Waals surface area contributed by atoms with E-state index in [0.717, 1.165) is 52.6 Å². The quantitative estimate of drug-likeness (QED) is 0.356. The van der Waals surface area contributed by atoms with Gasteiger partial charge in [-0.25, -0.2) is 0 Å². The van der Waals surface area contributed by atoms with Crippen LogP contribution in [0.5, 0.6) is 0 Å².